The highest BCUT2D eigenvalue weighted by atomic mass is 32.1. The molecule has 0 saturated heterocycles. The number of thiophene rings is 1. The molecule has 0 spiro atoms. The Hall–Kier alpha value is -1.89. The number of nitrogens with zero attached hydrogens (tertiary/aromatic N) is 2. The summed E-state index contributed by atoms with van der Waals surface area (Å²) in [6, 6.07) is 1.93. The van der Waals surface area contributed by atoms with Crippen molar-refractivity contribution in [2.75, 3.05) is 11.9 Å². The zero-order valence-electron chi connectivity index (χ0n) is 14.2. The van der Waals surface area contributed by atoms with E-state index in [2.05, 4.69) is 34.4 Å². The van der Waals surface area contributed by atoms with E-state index >= 15 is 0 Å². The lowest BCUT2D eigenvalue weighted by atomic mass is 10.0. The van der Waals surface area contributed by atoms with Crippen molar-refractivity contribution in [2.24, 2.45) is 5.92 Å². The number of anilines is 1. The molecule has 1 unspecified atom stereocenters. The van der Waals surface area contributed by atoms with Crippen molar-refractivity contribution in [1.82, 2.24) is 15.3 Å². The molecule has 1 atom stereocenters. The number of hydrogen-bond donors (Lipinski definition) is 2. The first-order valence-corrected chi connectivity index (χ1v) is 8.56. The molecular weight excluding hydrogens is 312 g/mol. The predicted molar refractivity (Wildman–Crippen MR) is 93.9 cm³/mol. The molecule has 1 amide bonds. The van der Waals surface area contributed by atoms with Gasteiger partial charge in [-0.2, -0.15) is 0 Å². The number of nitrogens with one attached hydrogen (secondary N) is 2. The molecule has 0 aliphatic carbocycles. The van der Waals surface area contributed by atoms with Gasteiger partial charge in [0.05, 0.1) is 11.4 Å². The number of alkyl carbamates (subject to hydrolysis) is 1. The normalized spacial score (nSPS) is 13.1. The van der Waals surface area contributed by atoms with E-state index in [0.29, 0.717) is 6.54 Å². The van der Waals surface area contributed by atoms with E-state index in [4.69, 9.17) is 4.74 Å². The number of hydrogen-bond acceptors (Lipinski definition) is 6. The van der Waals surface area contributed by atoms with Gasteiger partial charge in [0.1, 0.15) is 22.6 Å². The summed E-state index contributed by atoms with van der Waals surface area (Å²) in [7, 11) is 0. The fourth-order valence-corrected chi connectivity index (χ4v) is 2.78. The maximum absolute atomic E-state index is 12.0. The van der Waals surface area contributed by atoms with Crippen LogP contribution in [0.5, 0.6) is 0 Å². The van der Waals surface area contributed by atoms with E-state index in [1.807, 2.05) is 32.2 Å². The zero-order valence-corrected chi connectivity index (χ0v) is 15.0. The molecule has 7 heteroatoms. The molecule has 2 N–H and O–H groups in total. The lowest BCUT2D eigenvalue weighted by molar-refractivity contribution is 0.0494. The quantitative estimate of drug-likeness (QED) is 0.871. The van der Waals surface area contributed by atoms with Gasteiger partial charge in [-0.1, -0.05) is 13.8 Å². The van der Waals surface area contributed by atoms with Gasteiger partial charge in [0.25, 0.3) is 0 Å². The molecule has 0 radical (unpaired) electrons. The van der Waals surface area contributed by atoms with Gasteiger partial charge in [-0.25, -0.2) is 14.8 Å². The van der Waals surface area contributed by atoms with Gasteiger partial charge in [-0.3, -0.25) is 0 Å². The maximum Gasteiger partial charge on any atom is 0.407 e. The molecule has 2 aromatic rings. The van der Waals surface area contributed by atoms with Crippen molar-refractivity contribution in [3.63, 3.8) is 0 Å². The first-order chi connectivity index (χ1) is 10.8. The van der Waals surface area contributed by atoms with E-state index in [-0.39, 0.29) is 12.0 Å². The van der Waals surface area contributed by atoms with E-state index in [1.165, 1.54) is 0 Å². The Morgan fingerprint density at radius 2 is 2.09 bits per heavy atom. The standard InChI is InChI=1S/C16H24N4O2S/c1-10(2)12(20-15(21)22-16(3,4)5)8-17-13-11-6-7-23-14(11)19-9-18-13/h6-7,9-10,12H,8H2,1-5H3,(H,20,21)(H,17,18,19). The van der Waals surface area contributed by atoms with Crippen molar-refractivity contribution in [3.05, 3.63) is 17.8 Å². The van der Waals surface area contributed by atoms with Crippen molar-refractivity contribution in [1.29, 1.82) is 0 Å². The molecule has 2 aromatic heterocycles. The second-order valence-electron chi connectivity index (χ2n) is 6.74. The minimum atomic E-state index is -0.505. The first kappa shape index (κ1) is 17.5. The van der Waals surface area contributed by atoms with Crippen LogP contribution in [0.2, 0.25) is 0 Å². The Bertz CT molecular complexity index is 663. The summed E-state index contributed by atoms with van der Waals surface area (Å²) in [5.41, 5.74) is -0.505. The molecule has 2 heterocycles. The van der Waals surface area contributed by atoms with Crippen LogP contribution in [-0.2, 0) is 4.74 Å². The Balaban J connectivity index is 2.00. The number of ether oxygens (including phenoxy) is 1. The van der Waals surface area contributed by atoms with Crippen molar-refractivity contribution >= 4 is 33.5 Å². The molecular formula is C16H24N4O2S. The number of aromatic nitrogens is 2. The lowest BCUT2D eigenvalue weighted by Crippen LogP contribution is -2.45. The van der Waals surface area contributed by atoms with Gasteiger partial charge in [0, 0.05) is 6.54 Å². The van der Waals surface area contributed by atoms with Crippen LogP contribution in [0, 0.1) is 5.92 Å². The molecule has 2 rings (SSSR count). The third kappa shape index (κ3) is 5.06. The van der Waals surface area contributed by atoms with Crippen LogP contribution >= 0.6 is 11.3 Å². The van der Waals surface area contributed by atoms with E-state index < -0.39 is 11.7 Å². The fraction of sp³-hybridized carbons (Fsp3) is 0.562. The summed E-state index contributed by atoms with van der Waals surface area (Å²) in [6.07, 6.45) is 1.15. The third-order valence-electron chi connectivity index (χ3n) is 3.26. The van der Waals surface area contributed by atoms with Crippen LogP contribution in [0.1, 0.15) is 34.6 Å². The Kier molecular flexibility index (Phi) is 5.41. The van der Waals surface area contributed by atoms with Gasteiger partial charge >= 0.3 is 6.09 Å². The van der Waals surface area contributed by atoms with Crippen LogP contribution in [0.4, 0.5) is 10.6 Å². The summed E-state index contributed by atoms with van der Waals surface area (Å²) < 4.78 is 5.33. The SMILES string of the molecule is CC(C)C(CNc1ncnc2sccc12)NC(=O)OC(C)(C)C. The average molecular weight is 336 g/mol. The van der Waals surface area contributed by atoms with Crippen LogP contribution in [0.25, 0.3) is 10.2 Å². The van der Waals surface area contributed by atoms with Gasteiger partial charge in [0.2, 0.25) is 0 Å². The monoisotopic (exact) mass is 336 g/mol. The van der Waals surface area contributed by atoms with E-state index in [9.17, 15) is 4.79 Å². The third-order valence-corrected chi connectivity index (χ3v) is 4.08. The summed E-state index contributed by atoms with van der Waals surface area (Å²) in [5, 5.41) is 9.22. The number of carbonyl (C=O) groups excluding carboxylic acids is 1. The smallest absolute Gasteiger partial charge is 0.407 e. The van der Waals surface area contributed by atoms with Crippen molar-refractivity contribution in [3.8, 4) is 0 Å². The van der Waals surface area contributed by atoms with Crippen molar-refractivity contribution in [2.45, 2.75) is 46.3 Å². The largest absolute Gasteiger partial charge is 0.444 e. The molecule has 6 nitrogen and oxygen atoms in total. The molecule has 0 saturated carbocycles. The summed E-state index contributed by atoms with van der Waals surface area (Å²) in [5.74, 6) is 1.04. The summed E-state index contributed by atoms with van der Waals surface area (Å²) in [6.45, 7) is 10.2. The van der Waals surface area contributed by atoms with Crippen LogP contribution in [0.15, 0.2) is 17.8 Å². The first-order valence-electron chi connectivity index (χ1n) is 7.68. The topological polar surface area (TPSA) is 76.1 Å². The molecule has 0 aliphatic rings. The second kappa shape index (κ2) is 7.12. The highest BCUT2D eigenvalue weighted by Gasteiger charge is 2.21. The number of fused-ring (bicyclic) bond motifs is 1. The molecule has 126 valence electrons. The van der Waals surface area contributed by atoms with Gasteiger partial charge in [-0.15, -0.1) is 11.3 Å². The molecule has 0 aliphatic heterocycles. The van der Waals surface area contributed by atoms with Gasteiger partial charge in [-0.05, 0) is 38.1 Å². The molecule has 0 fully saturated rings. The average Bonchev–Trinajstić information content (AvgIpc) is 2.90. The van der Waals surface area contributed by atoms with Gasteiger partial charge < -0.3 is 15.4 Å². The highest BCUT2D eigenvalue weighted by Crippen LogP contribution is 2.23. The Morgan fingerprint density at radius 3 is 2.74 bits per heavy atom. The molecule has 0 bridgehead atoms. The fourth-order valence-electron chi connectivity index (χ4n) is 2.05. The van der Waals surface area contributed by atoms with Gasteiger partial charge in [0.15, 0.2) is 0 Å². The number of amides is 1. The molecule has 23 heavy (non-hydrogen) atoms. The van der Waals surface area contributed by atoms with Crippen molar-refractivity contribution < 1.29 is 9.53 Å². The zero-order chi connectivity index (χ0) is 17.0. The summed E-state index contributed by atoms with van der Waals surface area (Å²) in [4.78, 5) is 21.4. The number of carbonyl (C=O) groups is 1. The Morgan fingerprint density at radius 1 is 1.35 bits per heavy atom. The van der Waals surface area contributed by atoms with E-state index in [0.717, 1.165) is 16.0 Å². The molecule has 0 aromatic carbocycles. The maximum atomic E-state index is 12.0. The lowest BCUT2D eigenvalue weighted by Gasteiger charge is -2.26. The number of rotatable bonds is 5. The Labute approximate surface area is 140 Å². The predicted octanol–water partition coefficient (Wildman–Crippen LogP) is 3.65. The second-order valence-corrected chi connectivity index (χ2v) is 7.63. The van der Waals surface area contributed by atoms with Crippen LogP contribution in [0.3, 0.4) is 0 Å². The summed E-state index contributed by atoms with van der Waals surface area (Å²) >= 11 is 1.58. The minimum Gasteiger partial charge on any atom is -0.444 e. The van der Waals surface area contributed by atoms with Crippen LogP contribution < -0.4 is 10.6 Å². The van der Waals surface area contributed by atoms with E-state index in [1.54, 1.807) is 17.7 Å². The van der Waals surface area contributed by atoms with Crippen LogP contribution in [-0.4, -0.2) is 34.2 Å². The highest BCUT2D eigenvalue weighted by molar-refractivity contribution is 7.16. The minimum absolute atomic E-state index is 0.0616.